The molecule has 2 unspecified atom stereocenters. The number of nitrogens with zero attached hydrogens (tertiary/aromatic N) is 1. The Morgan fingerprint density at radius 1 is 1.04 bits per heavy atom. The number of hydrogen-bond acceptors (Lipinski definition) is 3. The molecule has 0 spiro atoms. The zero-order valence-electron chi connectivity index (χ0n) is 14.9. The van der Waals surface area contributed by atoms with Crippen molar-refractivity contribution in [2.45, 2.75) is 49.6 Å². The van der Waals surface area contributed by atoms with Gasteiger partial charge in [0.25, 0.3) is 5.91 Å². The molecule has 4 saturated carbocycles. The molecule has 2 aromatic rings. The average molecular weight is 347 g/mol. The summed E-state index contributed by atoms with van der Waals surface area (Å²) in [6, 6.07) is 13.8. The first-order valence-corrected chi connectivity index (χ1v) is 9.66. The van der Waals surface area contributed by atoms with Crippen LogP contribution in [0.25, 0.3) is 11.3 Å². The van der Waals surface area contributed by atoms with Crippen molar-refractivity contribution in [3.05, 3.63) is 54.2 Å². The van der Waals surface area contributed by atoms with E-state index in [0.29, 0.717) is 17.4 Å². The summed E-state index contributed by atoms with van der Waals surface area (Å²) in [4.78, 5) is 17.4. The molecule has 0 radical (unpaired) electrons. The second kappa shape index (κ2) is 5.65. The minimum Gasteiger partial charge on any atom is -0.346 e. The monoisotopic (exact) mass is 347 g/mol. The molecule has 1 aromatic carbocycles. The molecule has 3 N–H and O–H groups in total. The van der Waals surface area contributed by atoms with Crippen LogP contribution in [0.5, 0.6) is 0 Å². The normalized spacial score (nSPS) is 34.7. The number of carbonyl (C=O) groups excluding carboxylic acids is 1. The lowest BCUT2D eigenvalue weighted by molar-refractivity contribution is -0.0320. The number of benzene rings is 1. The number of pyridine rings is 1. The highest BCUT2D eigenvalue weighted by Gasteiger charge is 2.56. The largest absolute Gasteiger partial charge is 0.346 e. The SMILES string of the molecule is NC12C[C@H]3C[C@@H](C1)CC(NC(=O)c1ccc(-c4ccccc4)nc1)(C3)C2. The van der Waals surface area contributed by atoms with Gasteiger partial charge in [-0.3, -0.25) is 9.78 Å². The number of aromatic nitrogens is 1. The number of amides is 1. The molecule has 4 aliphatic rings. The van der Waals surface area contributed by atoms with E-state index in [1.54, 1.807) is 6.20 Å². The van der Waals surface area contributed by atoms with E-state index in [1.165, 1.54) is 6.42 Å². The molecule has 26 heavy (non-hydrogen) atoms. The summed E-state index contributed by atoms with van der Waals surface area (Å²) in [7, 11) is 0. The lowest BCUT2D eigenvalue weighted by Gasteiger charge is -2.61. The van der Waals surface area contributed by atoms with Crippen LogP contribution in [0.2, 0.25) is 0 Å². The maximum Gasteiger partial charge on any atom is 0.253 e. The summed E-state index contributed by atoms with van der Waals surface area (Å²) in [5, 5.41) is 3.37. The smallest absolute Gasteiger partial charge is 0.253 e. The zero-order valence-corrected chi connectivity index (χ0v) is 14.9. The summed E-state index contributed by atoms with van der Waals surface area (Å²) in [6.07, 6.45) is 8.35. The fraction of sp³-hybridized carbons (Fsp3) is 0.455. The van der Waals surface area contributed by atoms with Crippen LogP contribution in [0.15, 0.2) is 48.7 Å². The third-order valence-electron chi connectivity index (χ3n) is 6.58. The topological polar surface area (TPSA) is 68.0 Å². The van der Waals surface area contributed by atoms with Crippen LogP contribution < -0.4 is 11.1 Å². The van der Waals surface area contributed by atoms with Crippen LogP contribution in [0.1, 0.15) is 48.9 Å². The first-order chi connectivity index (χ1) is 12.5. The van der Waals surface area contributed by atoms with E-state index in [-0.39, 0.29) is 17.0 Å². The van der Waals surface area contributed by atoms with Crippen molar-refractivity contribution in [3.63, 3.8) is 0 Å². The molecule has 6 rings (SSSR count). The highest BCUT2D eigenvalue weighted by Crippen LogP contribution is 2.56. The van der Waals surface area contributed by atoms with Gasteiger partial charge < -0.3 is 11.1 Å². The van der Waals surface area contributed by atoms with E-state index in [0.717, 1.165) is 43.4 Å². The maximum atomic E-state index is 12.9. The Bertz CT molecular complexity index is 816. The Hall–Kier alpha value is -2.20. The van der Waals surface area contributed by atoms with Gasteiger partial charge in [0.15, 0.2) is 0 Å². The Morgan fingerprint density at radius 2 is 1.77 bits per heavy atom. The van der Waals surface area contributed by atoms with Gasteiger partial charge in [-0.15, -0.1) is 0 Å². The molecule has 4 bridgehead atoms. The molecule has 1 heterocycles. The molecule has 4 nitrogen and oxygen atoms in total. The molecular weight excluding hydrogens is 322 g/mol. The molecule has 4 fully saturated rings. The average Bonchev–Trinajstić information content (AvgIpc) is 2.60. The van der Waals surface area contributed by atoms with Gasteiger partial charge in [-0.1, -0.05) is 30.3 Å². The maximum absolute atomic E-state index is 12.9. The van der Waals surface area contributed by atoms with Gasteiger partial charge in [0.2, 0.25) is 0 Å². The van der Waals surface area contributed by atoms with Gasteiger partial charge in [-0.25, -0.2) is 0 Å². The van der Waals surface area contributed by atoms with Crippen LogP contribution >= 0.6 is 0 Å². The lowest BCUT2D eigenvalue weighted by Crippen LogP contribution is -2.68. The molecular formula is C22H25N3O. The van der Waals surface area contributed by atoms with E-state index in [9.17, 15) is 4.79 Å². The Balaban J connectivity index is 1.35. The number of nitrogens with two attached hydrogens (primary N) is 1. The second-order valence-electron chi connectivity index (χ2n) is 8.86. The van der Waals surface area contributed by atoms with Gasteiger partial charge in [0, 0.05) is 22.8 Å². The lowest BCUT2D eigenvalue weighted by atomic mass is 9.50. The van der Waals surface area contributed by atoms with E-state index < -0.39 is 0 Å². The molecule has 4 atom stereocenters. The van der Waals surface area contributed by atoms with Gasteiger partial charge in [-0.2, -0.15) is 0 Å². The van der Waals surface area contributed by atoms with Crippen molar-refractivity contribution in [2.75, 3.05) is 0 Å². The fourth-order valence-corrected chi connectivity index (χ4v) is 6.10. The first-order valence-electron chi connectivity index (χ1n) is 9.66. The standard InChI is InChI=1S/C22H25N3O/c23-21-9-15-8-16(10-21)12-22(11-15,14-21)25-20(26)18-6-7-19(24-13-18)17-4-2-1-3-5-17/h1-7,13,15-16H,8-12,14,23H2,(H,25,26)/t15-,16+,21?,22?. The number of nitrogens with one attached hydrogen (secondary N) is 1. The van der Waals surface area contributed by atoms with Gasteiger partial charge in [0.1, 0.15) is 0 Å². The zero-order chi connectivity index (χ0) is 17.8. The van der Waals surface area contributed by atoms with Crippen molar-refractivity contribution >= 4 is 5.91 Å². The summed E-state index contributed by atoms with van der Waals surface area (Å²) < 4.78 is 0. The summed E-state index contributed by atoms with van der Waals surface area (Å²) in [5.41, 5.74) is 9.05. The van der Waals surface area contributed by atoms with E-state index in [2.05, 4.69) is 10.3 Å². The Labute approximate surface area is 154 Å². The number of rotatable bonds is 3. The van der Waals surface area contributed by atoms with Gasteiger partial charge in [0.05, 0.1) is 11.3 Å². The predicted octanol–water partition coefficient (Wildman–Crippen LogP) is 3.53. The summed E-state index contributed by atoms with van der Waals surface area (Å²) in [5.74, 6) is 1.35. The fourth-order valence-electron chi connectivity index (χ4n) is 6.10. The third-order valence-corrected chi connectivity index (χ3v) is 6.58. The van der Waals surface area contributed by atoms with Crippen LogP contribution in [0.4, 0.5) is 0 Å². The van der Waals surface area contributed by atoms with Crippen LogP contribution in [0, 0.1) is 11.8 Å². The van der Waals surface area contributed by atoms with Gasteiger partial charge >= 0.3 is 0 Å². The van der Waals surface area contributed by atoms with Crippen LogP contribution in [-0.4, -0.2) is 22.0 Å². The van der Waals surface area contributed by atoms with Crippen molar-refractivity contribution in [1.29, 1.82) is 0 Å². The second-order valence-corrected chi connectivity index (χ2v) is 8.86. The first kappa shape index (κ1) is 16.0. The van der Waals surface area contributed by atoms with E-state index in [1.807, 2.05) is 42.5 Å². The summed E-state index contributed by atoms with van der Waals surface area (Å²) >= 11 is 0. The van der Waals surface area contributed by atoms with Crippen molar-refractivity contribution in [3.8, 4) is 11.3 Å². The van der Waals surface area contributed by atoms with E-state index >= 15 is 0 Å². The molecule has 134 valence electrons. The minimum absolute atomic E-state index is 0.0114. The molecule has 4 heteroatoms. The summed E-state index contributed by atoms with van der Waals surface area (Å²) in [6.45, 7) is 0. The van der Waals surface area contributed by atoms with Crippen molar-refractivity contribution < 1.29 is 4.79 Å². The predicted molar refractivity (Wildman–Crippen MR) is 101 cm³/mol. The van der Waals surface area contributed by atoms with Crippen LogP contribution in [-0.2, 0) is 0 Å². The molecule has 4 aliphatic carbocycles. The highest BCUT2D eigenvalue weighted by molar-refractivity contribution is 5.94. The minimum atomic E-state index is -0.103. The molecule has 0 aliphatic heterocycles. The highest BCUT2D eigenvalue weighted by atomic mass is 16.1. The Kier molecular flexibility index (Phi) is 3.48. The number of hydrogen-bond donors (Lipinski definition) is 2. The third kappa shape index (κ3) is 2.73. The van der Waals surface area contributed by atoms with Gasteiger partial charge in [-0.05, 0) is 62.5 Å². The molecule has 0 saturated heterocycles. The van der Waals surface area contributed by atoms with Crippen molar-refractivity contribution in [2.24, 2.45) is 17.6 Å². The van der Waals surface area contributed by atoms with Crippen LogP contribution in [0.3, 0.4) is 0 Å². The Morgan fingerprint density at radius 3 is 2.38 bits per heavy atom. The molecule has 1 aromatic heterocycles. The molecule has 1 amide bonds. The quantitative estimate of drug-likeness (QED) is 0.892. The van der Waals surface area contributed by atoms with E-state index in [4.69, 9.17) is 5.73 Å². The number of carbonyl (C=O) groups is 1. The van der Waals surface area contributed by atoms with Crippen molar-refractivity contribution in [1.82, 2.24) is 10.3 Å².